The lowest BCUT2D eigenvalue weighted by atomic mass is 10.1. The SMILES string of the molecule is CC[C@@H](C)Oc1ccc(/C=N/NC(=O)Nc2cc(C)cc(C)c2)cc1Cl. The van der Waals surface area contributed by atoms with Crippen molar-refractivity contribution in [2.75, 3.05) is 5.32 Å². The van der Waals surface area contributed by atoms with Gasteiger partial charge >= 0.3 is 6.03 Å². The highest BCUT2D eigenvalue weighted by Crippen LogP contribution is 2.26. The van der Waals surface area contributed by atoms with Crippen molar-refractivity contribution in [2.24, 2.45) is 5.10 Å². The largest absolute Gasteiger partial charge is 0.489 e. The Morgan fingerprint density at radius 1 is 1.23 bits per heavy atom. The lowest BCUT2D eigenvalue weighted by Crippen LogP contribution is -2.24. The number of amides is 2. The molecule has 0 bridgehead atoms. The molecule has 0 unspecified atom stereocenters. The minimum atomic E-state index is -0.408. The monoisotopic (exact) mass is 373 g/mol. The zero-order chi connectivity index (χ0) is 19.1. The number of ether oxygens (including phenoxy) is 1. The van der Waals surface area contributed by atoms with Gasteiger partial charge in [-0.3, -0.25) is 0 Å². The van der Waals surface area contributed by atoms with Crippen LogP contribution in [-0.4, -0.2) is 18.3 Å². The number of hydrogen-bond donors (Lipinski definition) is 2. The number of hydrogen-bond acceptors (Lipinski definition) is 3. The van der Waals surface area contributed by atoms with Crippen LogP contribution in [0, 0.1) is 13.8 Å². The van der Waals surface area contributed by atoms with Gasteiger partial charge in [0.2, 0.25) is 0 Å². The molecule has 1 atom stereocenters. The average Bonchev–Trinajstić information content (AvgIpc) is 2.56. The van der Waals surface area contributed by atoms with Crippen LogP contribution in [0.15, 0.2) is 41.5 Å². The predicted octanol–water partition coefficient (Wildman–Crippen LogP) is 5.29. The molecule has 138 valence electrons. The highest BCUT2D eigenvalue weighted by Gasteiger charge is 2.06. The maximum absolute atomic E-state index is 11.9. The van der Waals surface area contributed by atoms with E-state index in [1.54, 1.807) is 12.1 Å². The van der Waals surface area contributed by atoms with Gasteiger partial charge in [-0.15, -0.1) is 0 Å². The molecule has 0 heterocycles. The molecule has 5 nitrogen and oxygen atoms in total. The Labute approximate surface area is 159 Å². The third kappa shape index (κ3) is 6.08. The summed E-state index contributed by atoms with van der Waals surface area (Å²) in [6, 6.07) is 10.8. The molecule has 0 saturated carbocycles. The second-order valence-corrected chi connectivity index (χ2v) is 6.63. The van der Waals surface area contributed by atoms with Gasteiger partial charge in [-0.1, -0.05) is 24.6 Å². The standard InChI is InChI=1S/C20H24ClN3O2/c1-5-15(4)26-19-7-6-16(11-18(19)21)12-22-24-20(25)23-17-9-13(2)8-14(3)10-17/h6-12,15H,5H2,1-4H3,(H2,23,24,25)/b22-12+/t15-/m1/s1. The summed E-state index contributed by atoms with van der Waals surface area (Å²) >= 11 is 6.22. The Morgan fingerprint density at radius 2 is 1.92 bits per heavy atom. The number of halogens is 1. The van der Waals surface area contributed by atoms with E-state index in [1.165, 1.54) is 6.21 Å². The minimum Gasteiger partial charge on any atom is -0.489 e. The number of nitrogens with zero attached hydrogens (tertiary/aromatic N) is 1. The van der Waals surface area contributed by atoms with Crippen LogP contribution in [0.1, 0.15) is 37.0 Å². The Morgan fingerprint density at radius 3 is 2.54 bits per heavy atom. The number of urea groups is 1. The first kappa shape index (κ1) is 19.8. The highest BCUT2D eigenvalue weighted by atomic mass is 35.5. The Bertz CT molecular complexity index is 785. The molecule has 6 heteroatoms. The summed E-state index contributed by atoms with van der Waals surface area (Å²) in [5.41, 5.74) is 6.09. The van der Waals surface area contributed by atoms with Crippen LogP contribution in [0.3, 0.4) is 0 Å². The molecule has 26 heavy (non-hydrogen) atoms. The molecule has 0 saturated heterocycles. The first-order valence-corrected chi connectivity index (χ1v) is 8.89. The number of nitrogens with one attached hydrogen (secondary N) is 2. The van der Waals surface area contributed by atoms with E-state index in [9.17, 15) is 4.79 Å². The summed E-state index contributed by atoms with van der Waals surface area (Å²) in [5.74, 6) is 0.638. The maximum Gasteiger partial charge on any atom is 0.339 e. The summed E-state index contributed by atoms with van der Waals surface area (Å²) in [5, 5.41) is 7.20. The van der Waals surface area contributed by atoms with Crippen molar-refractivity contribution >= 4 is 29.5 Å². The number of anilines is 1. The van der Waals surface area contributed by atoms with Crippen molar-refractivity contribution in [1.82, 2.24) is 5.43 Å². The summed E-state index contributed by atoms with van der Waals surface area (Å²) < 4.78 is 5.72. The Hall–Kier alpha value is -2.53. The fraction of sp³-hybridized carbons (Fsp3) is 0.300. The molecule has 0 aliphatic carbocycles. The van der Waals surface area contributed by atoms with Crippen LogP contribution >= 0.6 is 11.6 Å². The van der Waals surface area contributed by atoms with E-state index in [0.717, 1.165) is 28.8 Å². The van der Waals surface area contributed by atoms with E-state index in [4.69, 9.17) is 16.3 Å². The predicted molar refractivity (Wildman–Crippen MR) is 107 cm³/mol. The molecule has 0 spiro atoms. The third-order valence-electron chi connectivity index (χ3n) is 3.72. The van der Waals surface area contributed by atoms with E-state index in [1.807, 2.05) is 52.0 Å². The quantitative estimate of drug-likeness (QED) is 0.533. The molecule has 0 aliphatic rings. The van der Waals surface area contributed by atoms with Gasteiger partial charge in [0.25, 0.3) is 0 Å². The Kier molecular flexibility index (Phi) is 7.04. The molecular weight excluding hydrogens is 350 g/mol. The summed E-state index contributed by atoms with van der Waals surface area (Å²) in [6.07, 6.45) is 2.53. The van der Waals surface area contributed by atoms with Crippen molar-refractivity contribution in [1.29, 1.82) is 0 Å². The normalized spacial score (nSPS) is 12.0. The summed E-state index contributed by atoms with van der Waals surface area (Å²) in [7, 11) is 0. The van der Waals surface area contributed by atoms with E-state index >= 15 is 0 Å². The van der Waals surface area contributed by atoms with Crippen LogP contribution in [0.25, 0.3) is 0 Å². The maximum atomic E-state index is 11.9. The molecule has 0 radical (unpaired) electrons. The number of carbonyl (C=O) groups is 1. The van der Waals surface area contributed by atoms with Crippen LogP contribution in [0.2, 0.25) is 5.02 Å². The summed E-state index contributed by atoms with van der Waals surface area (Å²) in [6.45, 7) is 8.00. The van der Waals surface area contributed by atoms with Crippen LogP contribution in [0.5, 0.6) is 5.75 Å². The average molecular weight is 374 g/mol. The second-order valence-electron chi connectivity index (χ2n) is 6.23. The molecule has 2 rings (SSSR count). The number of carbonyl (C=O) groups excluding carboxylic acids is 1. The van der Waals surface area contributed by atoms with Gasteiger partial charge in [-0.25, -0.2) is 10.2 Å². The van der Waals surface area contributed by atoms with E-state index in [2.05, 4.69) is 15.8 Å². The zero-order valence-corrected chi connectivity index (χ0v) is 16.2. The topological polar surface area (TPSA) is 62.7 Å². The third-order valence-corrected chi connectivity index (χ3v) is 4.01. The molecule has 0 aromatic heterocycles. The number of benzene rings is 2. The van der Waals surface area contributed by atoms with E-state index in [-0.39, 0.29) is 6.10 Å². The first-order chi connectivity index (χ1) is 12.4. The van der Waals surface area contributed by atoms with Crippen LogP contribution in [0.4, 0.5) is 10.5 Å². The number of hydrazone groups is 1. The first-order valence-electron chi connectivity index (χ1n) is 8.52. The van der Waals surface area contributed by atoms with Crippen molar-refractivity contribution in [2.45, 2.75) is 40.2 Å². The van der Waals surface area contributed by atoms with Gasteiger partial charge in [-0.2, -0.15) is 5.10 Å². The van der Waals surface area contributed by atoms with Crippen LogP contribution < -0.4 is 15.5 Å². The molecule has 2 N–H and O–H groups in total. The summed E-state index contributed by atoms with van der Waals surface area (Å²) in [4.78, 5) is 11.9. The number of aryl methyl sites for hydroxylation is 2. The van der Waals surface area contributed by atoms with Gasteiger partial charge in [0, 0.05) is 5.69 Å². The molecule has 2 aromatic rings. The lowest BCUT2D eigenvalue weighted by molar-refractivity contribution is 0.217. The molecule has 2 aromatic carbocycles. The molecule has 0 aliphatic heterocycles. The molecular formula is C20H24ClN3O2. The molecule has 2 amide bonds. The van der Waals surface area contributed by atoms with E-state index in [0.29, 0.717) is 10.8 Å². The van der Waals surface area contributed by atoms with Crippen molar-refractivity contribution in [3.63, 3.8) is 0 Å². The van der Waals surface area contributed by atoms with E-state index < -0.39 is 6.03 Å². The number of rotatable bonds is 6. The van der Waals surface area contributed by atoms with Gasteiger partial charge in [-0.05, 0) is 74.2 Å². The minimum absolute atomic E-state index is 0.0997. The smallest absolute Gasteiger partial charge is 0.339 e. The van der Waals surface area contributed by atoms with Gasteiger partial charge in [0.1, 0.15) is 5.75 Å². The fourth-order valence-corrected chi connectivity index (χ4v) is 2.60. The van der Waals surface area contributed by atoms with Gasteiger partial charge in [0.15, 0.2) is 0 Å². The zero-order valence-electron chi connectivity index (χ0n) is 15.5. The second kappa shape index (κ2) is 9.25. The fourth-order valence-electron chi connectivity index (χ4n) is 2.36. The lowest BCUT2D eigenvalue weighted by Gasteiger charge is -2.13. The van der Waals surface area contributed by atoms with Gasteiger partial charge < -0.3 is 10.1 Å². The van der Waals surface area contributed by atoms with Crippen molar-refractivity contribution in [3.05, 3.63) is 58.1 Å². The van der Waals surface area contributed by atoms with Gasteiger partial charge in [0.05, 0.1) is 17.3 Å². The Balaban J connectivity index is 1.93. The van der Waals surface area contributed by atoms with Crippen LogP contribution in [-0.2, 0) is 0 Å². The van der Waals surface area contributed by atoms with Crippen molar-refractivity contribution in [3.8, 4) is 5.75 Å². The molecule has 0 fully saturated rings. The highest BCUT2D eigenvalue weighted by molar-refractivity contribution is 6.32. The van der Waals surface area contributed by atoms with Crippen molar-refractivity contribution < 1.29 is 9.53 Å².